The number of aromatic nitrogens is 1. The maximum Gasteiger partial charge on any atom is 0.154 e. The topological polar surface area (TPSA) is 59.1 Å². The Labute approximate surface area is 111 Å². The third kappa shape index (κ3) is 3.67. The fourth-order valence-corrected chi connectivity index (χ4v) is 2.03. The lowest BCUT2D eigenvalue weighted by molar-refractivity contribution is 0.559. The first kappa shape index (κ1) is 14.4. The van der Waals surface area contributed by atoms with Crippen LogP contribution in [0.5, 0.6) is 0 Å². The van der Waals surface area contributed by atoms with E-state index in [4.69, 9.17) is 0 Å². The highest BCUT2D eigenvalue weighted by Crippen LogP contribution is 2.22. The number of rotatable bonds is 4. The van der Waals surface area contributed by atoms with Gasteiger partial charge < -0.3 is 5.32 Å². The molecule has 0 aliphatic heterocycles. The molecule has 0 aliphatic carbocycles. The van der Waals surface area contributed by atoms with E-state index >= 15 is 0 Å². The van der Waals surface area contributed by atoms with Gasteiger partial charge in [0.25, 0.3) is 0 Å². The molecule has 0 saturated carbocycles. The van der Waals surface area contributed by atoms with E-state index in [1.165, 1.54) is 6.26 Å². The Kier molecular flexibility index (Phi) is 4.19. The first-order chi connectivity index (χ1) is 7.63. The van der Waals surface area contributed by atoms with Gasteiger partial charge in [0.05, 0.1) is 9.22 Å². The highest BCUT2D eigenvalue weighted by molar-refractivity contribution is 9.10. The molecule has 17 heavy (non-hydrogen) atoms. The number of anilines is 1. The summed E-state index contributed by atoms with van der Waals surface area (Å²) in [7, 11) is -3.10. The average molecular weight is 321 g/mol. The maximum atomic E-state index is 11.5. The number of halogens is 1. The summed E-state index contributed by atoms with van der Waals surface area (Å²) in [5.41, 5.74) is 1.05. The molecule has 4 nitrogen and oxygen atoms in total. The number of hydrogen-bond acceptors (Lipinski definition) is 4. The highest BCUT2D eigenvalue weighted by Gasteiger charge is 2.30. The molecular weight excluding hydrogens is 304 g/mol. The molecule has 1 rings (SSSR count). The third-order valence-corrected chi connectivity index (χ3v) is 5.42. The number of sulfone groups is 1. The third-order valence-electron chi connectivity index (χ3n) is 2.66. The lowest BCUT2D eigenvalue weighted by atomic mass is 10.2. The van der Waals surface area contributed by atoms with Gasteiger partial charge in [-0.25, -0.2) is 13.4 Å². The molecule has 1 N–H and O–H groups in total. The molecule has 0 bridgehead atoms. The van der Waals surface area contributed by atoms with Crippen LogP contribution in [0.3, 0.4) is 0 Å². The molecule has 0 aromatic carbocycles. The van der Waals surface area contributed by atoms with Crippen molar-refractivity contribution in [3.05, 3.63) is 22.3 Å². The Morgan fingerprint density at radius 1 is 1.47 bits per heavy atom. The van der Waals surface area contributed by atoms with Crippen molar-refractivity contribution in [1.29, 1.82) is 0 Å². The van der Waals surface area contributed by atoms with Crippen LogP contribution in [0, 0.1) is 6.92 Å². The summed E-state index contributed by atoms with van der Waals surface area (Å²) in [4.78, 5) is 4.21. The van der Waals surface area contributed by atoms with E-state index in [1.54, 1.807) is 20.0 Å². The molecule has 0 saturated heterocycles. The SMILES string of the molecule is Cc1cnc(NCC(C)(C)S(C)(=O)=O)c(Br)c1. The predicted octanol–water partition coefficient (Wildman–Crippen LogP) is 2.39. The Morgan fingerprint density at radius 2 is 2.06 bits per heavy atom. The Bertz CT molecular complexity index is 512. The maximum absolute atomic E-state index is 11.5. The van der Waals surface area contributed by atoms with Crippen molar-refractivity contribution >= 4 is 31.6 Å². The van der Waals surface area contributed by atoms with Gasteiger partial charge in [-0.15, -0.1) is 0 Å². The molecule has 0 spiro atoms. The second kappa shape index (κ2) is 4.94. The van der Waals surface area contributed by atoms with Crippen LogP contribution in [-0.4, -0.2) is 30.9 Å². The zero-order chi connectivity index (χ0) is 13.3. The number of nitrogens with one attached hydrogen (secondary N) is 1. The van der Waals surface area contributed by atoms with Crippen molar-refractivity contribution in [2.75, 3.05) is 18.1 Å². The van der Waals surface area contributed by atoms with E-state index in [-0.39, 0.29) is 0 Å². The molecule has 0 aliphatic rings. The summed E-state index contributed by atoms with van der Waals surface area (Å²) >= 11 is 3.39. The summed E-state index contributed by atoms with van der Waals surface area (Å²) in [6, 6.07) is 1.93. The lowest BCUT2D eigenvalue weighted by Crippen LogP contribution is -2.38. The largest absolute Gasteiger partial charge is 0.368 e. The molecule has 0 radical (unpaired) electrons. The zero-order valence-corrected chi connectivity index (χ0v) is 12.8. The van der Waals surface area contributed by atoms with Gasteiger partial charge in [-0.1, -0.05) is 0 Å². The molecule has 0 amide bonds. The van der Waals surface area contributed by atoms with Gasteiger partial charge in [0, 0.05) is 19.0 Å². The highest BCUT2D eigenvalue weighted by atomic mass is 79.9. The van der Waals surface area contributed by atoms with Gasteiger partial charge in [-0.2, -0.15) is 0 Å². The molecule has 0 fully saturated rings. The fraction of sp³-hybridized carbons (Fsp3) is 0.545. The van der Waals surface area contributed by atoms with E-state index in [2.05, 4.69) is 26.2 Å². The van der Waals surface area contributed by atoms with Gasteiger partial charge in [-0.3, -0.25) is 0 Å². The van der Waals surface area contributed by atoms with E-state index < -0.39 is 14.6 Å². The van der Waals surface area contributed by atoms with Crippen molar-refractivity contribution in [3.8, 4) is 0 Å². The van der Waals surface area contributed by atoms with Crippen LogP contribution in [0.25, 0.3) is 0 Å². The van der Waals surface area contributed by atoms with Gasteiger partial charge in [-0.05, 0) is 48.3 Å². The van der Waals surface area contributed by atoms with Crippen molar-refractivity contribution in [1.82, 2.24) is 4.98 Å². The minimum atomic E-state index is -3.10. The number of nitrogens with zero attached hydrogens (tertiary/aromatic N) is 1. The van der Waals surface area contributed by atoms with Crippen LogP contribution < -0.4 is 5.32 Å². The minimum absolute atomic E-state index is 0.320. The second-order valence-electron chi connectivity index (χ2n) is 4.73. The van der Waals surface area contributed by atoms with Crippen molar-refractivity contribution in [2.45, 2.75) is 25.5 Å². The van der Waals surface area contributed by atoms with Crippen molar-refractivity contribution < 1.29 is 8.42 Å². The molecule has 0 unspecified atom stereocenters. The number of pyridine rings is 1. The van der Waals surface area contributed by atoms with E-state index in [9.17, 15) is 8.42 Å². The van der Waals surface area contributed by atoms with Gasteiger partial charge in [0.15, 0.2) is 9.84 Å². The summed E-state index contributed by atoms with van der Waals surface area (Å²) in [5.74, 6) is 0.660. The lowest BCUT2D eigenvalue weighted by Gasteiger charge is -2.23. The summed E-state index contributed by atoms with van der Waals surface area (Å²) < 4.78 is 23.1. The average Bonchev–Trinajstić information content (AvgIpc) is 2.14. The monoisotopic (exact) mass is 320 g/mol. The molecule has 0 atom stereocenters. The predicted molar refractivity (Wildman–Crippen MR) is 74.1 cm³/mol. The van der Waals surface area contributed by atoms with Crippen LogP contribution in [-0.2, 0) is 9.84 Å². The Hall–Kier alpha value is -0.620. The van der Waals surface area contributed by atoms with E-state index in [0.717, 1.165) is 10.0 Å². The fourth-order valence-electron chi connectivity index (χ4n) is 1.09. The zero-order valence-electron chi connectivity index (χ0n) is 10.4. The number of hydrogen-bond donors (Lipinski definition) is 1. The van der Waals surface area contributed by atoms with Crippen LogP contribution in [0.4, 0.5) is 5.82 Å². The van der Waals surface area contributed by atoms with Gasteiger partial charge in [0.2, 0.25) is 0 Å². The normalized spacial score (nSPS) is 12.5. The summed E-state index contributed by atoms with van der Waals surface area (Å²) in [6.07, 6.45) is 2.98. The number of aryl methyl sites for hydroxylation is 1. The summed E-state index contributed by atoms with van der Waals surface area (Å²) in [5, 5.41) is 3.05. The standard InChI is InChI=1S/C11H17BrN2O2S/c1-8-5-9(12)10(13-6-8)14-7-11(2,3)17(4,15)16/h5-6H,7H2,1-4H3,(H,13,14). The van der Waals surface area contributed by atoms with E-state index in [0.29, 0.717) is 12.4 Å². The molecule has 1 heterocycles. The van der Waals surface area contributed by atoms with Crippen LogP contribution in [0.2, 0.25) is 0 Å². The quantitative estimate of drug-likeness (QED) is 0.925. The van der Waals surface area contributed by atoms with Crippen LogP contribution >= 0.6 is 15.9 Å². The van der Waals surface area contributed by atoms with Crippen LogP contribution in [0.15, 0.2) is 16.7 Å². The first-order valence-electron chi connectivity index (χ1n) is 5.19. The molecule has 6 heteroatoms. The molecule has 1 aromatic heterocycles. The summed E-state index contributed by atoms with van der Waals surface area (Å²) in [6.45, 7) is 5.65. The first-order valence-corrected chi connectivity index (χ1v) is 7.87. The second-order valence-corrected chi connectivity index (χ2v) is 8.23. The molecule has 1 aromatic rings. The minimum Gasteiger partial charge on any atom is -0.368 e. The Balaban J connectivity index is 2.81. The van der Waals surface area contributed by atoms with Gasteiger partial charge >= 0.3 is 0 Å². The molecular formula is C11H17BrN2O2S. The van der Waals surface area contributed by atoms with E-state index in [1.807, 2.05) is 13.0 Å². The van der Waals surface area contributed by atoms with Gasteiger partial charge in [0.1, 0.15) is 5.82 Å². The Morgan fingerprint density at radius 3 is 2.53 bits per heavy atom. The smallest absolute Gasteiger partial charge is 0.154 e. The van der Waals surface area contributed by atoms with Crippen LogP contribution in [0.1, 0.15) is 19.4 Å². The van der Waals surface area contributed by atoms with Crippen molar-refractivity contribution in [2.24, 2.45) is 0 Å². The molecule has 96 valence electrons. The van der Waals surface area contributed by atoms with Crippen molar-refractivity contribution in [3.63, 3.8) is 0 Å².